The number of hydrogen-bond donors (Lipinski definition) is 2. The van der Waals surface area contributed by atoms with Crippen molar-refractivity contribution in [2.45, 2.75) is 58.5 Å². The van der Waals surface area contributed by atoms with Crippen molar-refractivity contribution in [1.29, 1.82) is 0 Å². The zero-order valence-electron chi connectivity index (χ0n) is 14.8. The van der Waals surface area contributed by atoms with Crippen molar-refractivity contribution in [2.75, 3.05) is 5.32 Å². The number of thiazole rings is 1. The van der Waals surface area contributed by atoms with Crippen LogP contribution in [0.25, 0.3) is 0 Å². The number of rotatable bonds is 4. The number of benzene rings is 1. The largest absolute Gasteiger partial charge is 0.326 e. The Morgan fingerprint density at radius 3 is 2.83 bits per heavy atom. The van der Waals surface area contributed by atoms with Gasteiger partial charge in [0.15, 0.2) is 0 Å². The summed E-state index contributed by atoms with van der Waals surface area (Å²) < 4.78 is 0. The number of anilines is 1. The van der Waals surface area contributed by atoms with Crippen molar-refractivity contribution in [3.05, 3.63) is 45.4 Å². The first-order valence-electron chi connectivity index (χ1n) is 8.44. The monoisotopic (exact) mass is 343 g/mol. The third kappa shape index (κ3) is 3.84. The average Bonchev–Trinajstić information content (AvgIpc) is 3.01. The van der Waals surface area contributed by atoms with E-state index in [0.717, 1.165) is 24.3 Å². The van der Waals surface area contributed by atoms with Gasteiger partial charge in [0.05, 0.1) is 10.7 Å². The maximum Gasteiger partial charge on any atom is 0.224 e. The fraction of sp³-hybridized carbons (Fsp3) is 0.474. The molecule has 0 saturated heterocycles. The molecule has 0 spiro atoms. The minimum atomic E-state index is 0.109. The Morgan fingerprint density at radius 2 is 2.12 bits per heavy atom. The fourth-order valence-electron chi connectivity index (χ4n) is 2.78. The smallest absolute Gasteiger partial charge is 0.224 e. The van der Waals surface area contributed by atoms with Crippen molar-refractivity contribution in [3.63, 3.8) is 0 Å². The van der Waals surface area contributed by atoms with Gasteiger partial charge in [-0.15, -0.1) is 11.3 Å². The van der Waals surface area contributed by atoms with E-state index in [1.807, 2.05) is 6.07 Å². The maximum atomic E-state index is 11.4. The van der Waals surface area contributed by atoms with Gasteiger partial charge >= 0.3 is 0 Å². The first-order valence-corrected chi connectivity index (χ1v) is 9.32. The number of carbonyl (C=O) groups is 1. The highest BCUT2D eigenvalue weighted by Crippen LogP contribution is 2.27. The second kappa shape index (κ2) is 6.65. The Morgan fingerprint density at radius 1 is 1.33 bits per heavy atom. The summed E-state index contributed by atoms with van der Waals surface area (Å²) in [5, 5.41) is 9.80. The number of aryl methyl sites for hydroxylation is 1. The molecule has 24 heavy (non-hydrogen) atoms. The van der Waals surface area contributed by atoms with E-state index in [9.17, 15) is 4.79 Å². The molecule has 4 nitrogen and oxygen atoms in total. The highest BCUT2D eigenvalue weighted by Gasteiger charge is 2.19. The molecule has 2 N–H and O–H groups in total. The molecule has 2 aromatic rings. The molecule has 1 aromatic carbocycles. The summed E-state index contributed by atoms with van der Waals surface area (Å²) in [6.45, 7) is 9.51. The minimum Gasteiger partial charge on any atom is -0.326 e. The van der Waals surface area contributed by atoms with Crippen molar-refractivity contribution >= 4 is 22.9 Å². The van der Waals surface area contributed by atoms with Crippen LogP contribution in [0.15, 0.2) is 23.6 Å². The van der Waals surface area contributed by atoms with Crippen LogP contribution in [0.3, 0.4) is 0 Å². The Bertz CT molecular complexity index is 745. The van der Waals surface area contributed by atoms with Gasteiger partial charge in [-0.3, -0.25) is 4.79 Å². The summed E-state index contributed by atoms with van der Waals surface area (Å²) in [4.78, 5) is 16.2. The van der Waals surface area contributed by atoms with Gasteiger partial charge in [0, 0.05) is 35.5 Å². The van der Waals surface area contributed by atoms with Crippen LogP contribution in [-0.4, -0.2) is 10.9 Å². The number of nitrogens with one attached hydrogen (secondary N) is 2. The summed E-state index contributed by atoms with van der Waals surface area (Å²) in [6, 6.07) is 6.55. The first-order chi connectivity index (χ1) is 11.3. The fourth-order valence-corrected chi connectivity index (χ4v) is 3.69. The molecule has 1 amide bonds. The summed E-state index contributed by atoms with van der Waals surface area (Å²) in [7, 11) is 0. The number of fused-ring (bicyclic) bond motifs is 1. The lowest BCUT2D eigenvalue weighted by Crippen LogP contribution is -2.21. The second-order valence-corrected chi connectivity index (χ2v) is 8.32. The Hall–Kier alpha value is -1.72. The normalized spacial score (nSPS) is 15.8. The topological polar surface area (TPSA) is 54.0 Å². The van der Waals surface area contributed by atoms with Crippen molar-refractivity contribution in [2.24, 2.45) is 0 Å². The molecule has 5 heteroatoms. The molecule has 128 valence electrons. The maximum absolute atomic E-state index is 11.4. The molecule has 0 fully saturated rings. The van der Waals surface area contributed by atoms with Crippen LogP contribution >= 0.6 is 11.3 Å². The molecule has 2 heterocycles. The van der Waals surface area contributed by atoms with Gasteiger partial charge in [-0.25, -0.2) is 4.98 Å². The van der Waals surface area contributed by atoms with Gasteiger partial charge in [0.2, 0.25) is 5.91 Å². The van der Waals surface area contributed by atoms with Crippen molar-refractivity contribution in [1.82, 2.24) is 10.3 Å². The van der Waals surface area contributed by atoms with Crippen LogP contribution in [0.1, 0.15) is 62.0 Å². The van der Waals surface area contributed by atoms with Gasteiger partial charge < -0.3 is 10.6 Å². The SMILES string of the molecule is CC(NCc1csc(C(C)(C)C)n1)c1ccc2c(c1)CCC(=O)N2. The van der Waals surface area contributed by atoms with Gasteiger partial charge in [-0.1, -0.05) is 32.9 Å². The molecule has 1 unspecified atom stereocenters. The molecular weight excluding hydrogens is 318 g/mol. The summed E-state index contributed by atoms with van der Waals surface area (Å²) in [5.74, 6) is 0.111. The number of carbonyl (C=O) groups excluding carboxylic acids is 1. The van der Waals surface area contributed by atoms with Crippen LogP contribution in [0, 0.1) is 0 Å². The molecule has 1 aliphatic rings. The van der Waals surface area contributed by atoms with E-state index in [2.05, 4.69) is 55.8 Å². The quantitative estimate of drug-likeness (QED) is 0.876. The molecule has 1 aromatic heterocycles. The van der Waals surface area contributed by atoms with Crippen molar-refractivity contribution in [3.8, 4) is 0 Å². The van der Waals surface area contributed by atoms with E-state index in [4.69, 9.17) is 4.98 Å². The summed E-state index contributed by atoms with van der Waals surface area (Å²) >= 11 is 1.73. The van der Waals surface area contributed by atoms with Gasteiger partial charge in [0.1, 0.15) is 0 Å². The average molecular weight is 343 g/mol. The van der Waals surface area contributed by atoms with Crippen molar-refractivity contribution < 1.29 is 4.79 Å². The standard InChI is InChI=1S/C19H25N3OS/c1-12(20-10-15-11-24-18(21-15)19(2,3)4)13-5-7-16-14(9-13)6-8-17(23)22-16/h5,7,9,11-12,20H,6,8,10H2,1-4H3,(H,22,23). The predicted molar refractivity (Wildman–Crippen MR) is 99.5 cm³/mol. The van der Waals surface area contributed by atoms with Crippen LogP contribution in [0.2, 0.25) is 0 Å². The molecule has 3 rings (SSSR count). The van der Waals surface area contributed by atoms with E-state index in [1.165, 1.54) is 16.1 Å². The molecule has 0 aliphatic carbocycles. The molecule has 0 radical (unpaired) electrons. The van der Waals surface area contributed by atoms with Gasteiger partial charge in [-0.2, -0.15) is 0 Å². The number of aromatic nitrogens is 1. The second-order valence-electron chi connectivity index (χ2n) is 7.46. The Balaban J connectivity index is 1.64. The predicted octanol–water partition coefficient (Wildman–Crippen LogP) is 4.18. The van der Waals surface area contributed by atoms with E-state index in [0.29, 0.717) is 6.42 Å². The Kier molecular flexibility index (Phi) is 4.74. The zero-order valence-corrected chi connectivity index (χ0v) is 15.6. The lowest BCUT2D eigenvalue weighted by molar-refractivity contribution is -0.116. The number of amides is 1. The summed E-state index contributed by atoms with van der Waals surface area (Å²) in [6.07, 6.45) is 1.40. The van der Waals surface area contributed by atoms with Crippen LogP contribution < -0.4 is 10.6 Å². The summed E-state index contributed by atoms with van der Waals surface area (Å²) in [5.41, 5.74) is 4.64. The lowest BCUT2D eigenvalue weighted by Gasteiger charge is -2.20. The molecule has 0 saturated carbocycles. The first kappa shape index (κ1) is 17.1. The minimum absolute atomic E-state index is 0.109. The van der Waals surface area contributed by atoms with E-state index in [-0.39, 0.29) is 17.4 Å². The van der Waals surface area contributed by atoms with E-state index in [1.54, 1.807) is 11.3 Å². The van der Waals surface area contributed by atoms with Crippen LogP contribution in [0.4, 0.5) is 5.69 Å². The Labute approximate surface area is 147 Å². The zero-order chi connectivity index (χ0) is 17.3. The molecule has 1 atom stereocenters. The van der Waals surface area contributed by atoms with Crippen LogP contribution in [0.5, 0.6) is 0 Å². The number of hydrogen-bond acceptors (Lipinski definition) is 4. The highest BCUT2D eigenvalue weighted by atomic mass is 32.1. The lowest BCUT2D eigenvalue weighted by atomic mass is 9.97. The van der Waals surface area contributed by atoms with E-state index < -0.39 is 0 Å². The molecule has 1 aliphatic heterocycles. The third-order valence-electron chi connectivity index (χ3n) is 4.31. The van der Waals surface area contributed by atoms with Gasteiger partial charge in [-0.05, 0) is 30.5 Å². The number of nitrogens with zero attached hydrogens (tertiary/aromatic N) is 1. The van der Waals surface area contributed by atoms with E-state index >= 15 is 0 Å². The van der Waals surface area contributed by atoms with Crippen LogP contribution in [-0.2, 0) is 23.2 Å². The molecular formula is C19H25N3OS. The van der Waals surface area contributed by atoms with Gasteiger partial charge in [0.25, 0.3) is 0 Å². The highest BCUT2D eigenvalue weighted by molar-refractivity contribution is 7.09. The molecule has 0 bridgehead atoms. The third-order valence-corrected chi connectivity index (χ3v) is 5.62.